The van der Waals surface area contributed by atoms with E-state index in [0.29, 0.717) is 15.6 Å². The molecule has 0 unspecified atom stereocenters. The molecule has 4 aromatic carbocycles. The Morgan fingerprint density at radius 1 is 0.851 bits per heavy atom. The predicted octanol–water partition coefficient (Wildman–Crippen LogP) is 6.90. The van der Waals surface area contributed by atoms with Crippen molar-refractivity contribution in [1.29, 1.82) is 0 Å². The summed E-state index contributed by atoms with van der Waals surface area (Å²) < 4.78 is 35.0. The van der Waals surface area contributed by atoms with Gasteiger partial charge in [0.25, 0.3) is 10.0 Å². The number of carbonyl (C=O) groups is 2. The van der Waals surface area contributed by atoms with Crippen molar-refractivity contribution in [2.45, 2.75) is 55.6 Å². The van der Waals surface area contributed by atoms with Crippen LogP contribution in [0.3, 0.4) is 0 Å². The normalized spacial score (nSPS) is 13.9. The Labute approximate surface area is 286 Å². The summed E-state index contributed by atoms with van der Waals surface area (Å²) in [6, 6.07) is 28.0. The first-order valence-corrected chi connectivity index (χ1v) is 17.7. The number of benzene rings is 4. The third kappa shape index (κ3) is 8.46. The van der Waals surface area contributed by atoms with Gasteiger partial charge in [0.05, 0.1) is 27.7 Å². The van der Waals surface area contributed by atoms with Crippen LogP contribution < -0.4 is 14.4 Å². The number of rotatable bonds is 13. The molecule has 0 spiro atoms. The first-order valence-electron chi connectivity index (χ1n) is 15.5. The van der Waals surface area contributed by atoms with Gasteiger partial charge in [-0.25, -0.2) is 8.42 Å². The Kier molecular flexibility index (Phi) is 11.4. The van der Waals surface area contributed by atoms with Crippen molar-refractivity contribution < 1.29 is 22.7 Å². The number of halogens is 2. The molecule has 1 atom stereocenters. The Morgan fingerprint density at radius 3 is 2.15 bits per heavy atom. The summed E-state index contributed by atoms with van der Waals surface area (Å²) in [5, 5.41) is 3.82. The van der Waals surface area contributed by atoms with Crippen LogP contribution in [-0.4, -0.2) is 50.9 Å². The average molecular weight is 695 g/mol. The highest BCUT2D eigenvalue weighted by Gasteiger charge is 2.36. The van der Waals surface area contributed by atoms with Crippen molar-refractivity contribution >= 4 is 50.7 Å². The van der Waals surface area contributed by atoms with Crippen molar-refractivity contribution in [1.82, 2.24) is 10.2 Å². The maximum atomic E-state index is 14.7. The summed E-state index contributed by atoms with van der Waals surface area (Å²) in [7, 11) is -2.82. The van der Waals surface area contributed by atoms with Gasteiger partial charge >= 0.3 is 0 Å². The largest absolute Gasteiger partial charge is 0.495 e. The van der Waals surface area contributed by atoms with Gasteiger partial charge in [0.15, 0.2) is 0 Å². The summed E-state index contributed by atoms with van der Waals surface area (Å²) in [6.45, 7) is -0.614. The molecule has 1 N–H and O–H groups in total. The van der Waals surface area contributed by atoms with Gasteiger partial charge in [0.2, 0.25) is 11.8 Å². The average Bonchev–Trinajstić information content (AvgIpc) is 3.60. The molecule has 5 rings (SSSR count). The van der Waals surface area contributed by atoms with Crippen LogP contribution in [0.4, 0.5) is 5.69 Å². The van der Waals surface area contributed by atoms with E-state index >= 15 is 0 Å². The van der Waals surface area contributed by atoms with Crippen LogP contribution in [0.1, 0.15) is 36.8 Å². The zero-order valence-electron chi connectivity index (χ0n) is 26.0. The monoisotopic (exact) mass is 693 g/mol. The molecule has 0 aromatic heterocycles. The second kappa shape index (κ2) is 15.7. The van der Waals surface area contributed by atoms with Gasteiger partial charge in [0, 0.05) is 19.0 Å². The Balaban J connectivity index is 1.59. The van der Waals surface area contributed by atoms with Crippen molar-refractivity contribution in [3.05, 3.63) is 124 Å². The molecule has 2 amide bonds. The fraction of sp³-hybridized carbons (Fsp3) is 0.278. The van der Waals surface area contributed by atoms with E-state index in [-0.39, 0.29) is 41.2 Å². The lowest BCUT2D eigenvalue weighted by atomic mass is 10.0. The van der Waals surface area contributed by atoms with E-state index in [1.807, 2.05) is 30.3 Å². The topological polar surface area (TPSA) is 96.0 Å². The summed E-state index contributed by atoms with van der Waals surface area (Å²) in [6.07, 6.45) is 3.98. The van der Waals surface area contributed by atoms with Gasteiger partial charge in [-0.15, -0.1) is 0 Å². The third-order valence-corrected chi connectivity index (χ3v) is 10.8. The highest BCUT2D eigenvalue weighted by molar-refractivity contribution is 7.92. The minimum atomic E-state index is -4.26. The smallest absolute Gasteiger partial charge is 0.264 e. The first kappa shape index (κ1) is 34.3. The zero-order valence-corrected chi connectivity index (χ0v) is 28.3. The number of nitrogens with one attached hydrogen (secondary N) is 1. The van der Waals surface area contributed by atoms with Gasteiger partial charge in [-0.3, -0.25) is 13.9 Å². The Hall–Kier alpha value is -4.05. The van der Waals surface area contributed by atoms with E-state index in [2.05, 4.69) is 5.32 Å². The number of carbonyl (C=O) groups excluding carboxylic acids is 2. The highest BCUT2D eigenvalue weighted by atomic mass is 35.5. The van der Waals surface area contributed by atoms with Crippen LogP contribution >= 0.6 is 23.2 Å². The Bertz CT molecular complexity index is 1790. The number of hydrogen-bond acceptors (Lipinski definition) is 5. The fourth-order valence-electron chi connectivity index (χ4n) is 5.82. The van der Waals surface area contributed by atoms with Gasteiger partial charge in [-0.2, -0.15) is 0 Å². The number of nitrogens with zero attached hydrogens (tertiary/aromatic N) is 2. The van der Waals surface area contributed by atoms with E-state index in [0.717, 1.165) is 35.6 Å². The number of ether oxygens (including phenoxy) is 1. The molecular weight excluding hydrogens is 657 g/mol. The standard InChI is InChI=1S/C36H37Cl2N3O5S/c1-46-34-19-11-10-18-32(34)41(47(44,45)29-16-6-3-7-17-29)25-35(42)40(24-27-20-21-30(37)31(38)22-27)33(23-26-12-4-2-5-13-26)36(43)39-28-14-8-9-15-28/h2-7,10-13,16-22,28,33H,8-9,14-15,23-25H2,1H3,(H,39,43)/t33-/m0/s1. The fourth-order valence-corrected chi connectivity index (χ4v) is 7.59. The van der Waals surface area contributed by atoms with Crippen LogP contribution in [0.15, 0.2) is 108 Å². The van der Waals surface area contributed by atoms with Crippen molar-refractivity contribution in [2.24, 2.45) is 0 Å². The molecule has 11 heteroatoms. The maximum absolute atomic E-state index is 14.7. The molecule has 246 valence electrons. The van der Waals surface area contributed by atoms with Gasteiger partial charge in [-0.1, -0.05) is 103 Å². The quantitative estimate of drug-likeness (QED) is 0.164. The summed E-state index contributed by atoms with van der Waals surface area (Å²) in [5.74, 6) is -0.608. The number of para-hydroxylation sites is 2. The number of hydrogen-bond donors (Lipinski definition) is 1. The molecule has 1 aliphatic carbocycles. The van der Waals surface area contributed by atoms with E-state index < -0.39 is 28.5 Å². The van der Waals surface area contributed by atoms with Crippen LogP contribution in [0.5, 0.6) is 5.75 Å². The first-order chi connectivity index (χ1) is 22.7. The van der Waals surface area contributed by atoms with Gasteiger partial charge in [0.1, 0.15) is 18.3 Å². The molecule has 4 aromatic rings. The van der Waals surface area contributed by atoms with E-state index in [9.17, 15) is 18.0 Å². The van der Waals surface area contributed by atoms with E-state index in [1.54, 1.807) is 60.7 Å². The zero-order chi connectivity index (χ0) is 33.4. The lowest BCUT2D eigenvalue weighted by molar-refractivity contribution is -0.140. The number of sulfonamides is 1. The molecule has 1 aliphatic rings. The summed E-state index contributed by atoms with van der Waals surface area (Å²) in [5.41, 5.74) is 1.68. The highest BCUT2D eigenvalue weighted by Crippen LogP contribution is 2.33. The number of amides is 2. The number of anilines is 1. The molecule has 0 heterocycles. The van der Waals surface area contributed by atoms with Gasteiger partial charge < -0.3 is 15.0 Å². The molecule has 47 heavy (non-hydrogen) atoms. The lowest BCUT2D eigenvalue weighted by Crippen LogP contribution is -2.54. The molecule has 0 aliphatic heterocycles. The van der Waals surface area contributed by atoms with Crippen molar-refractivity contribution in [2.75, 3.05) is 18.0 Å². The van der Waals surface area contributed by atoms with Gasteiger partial charge in [-0.05, 0) is 60.4 Å². The van der Waals surface area contributed by atoms with Crippen molar-refractivity contribution in [3.63, 3.8) is 0 Å². The van der Waals surface area contributed by atoms with E-state index in [4.69, 9.17) is 27.9 Å². The van der Waals surface area contributed by atoms with Crippen LogP contribution in [-0.2, 0) is 32.6 Å². The third-order valence-electron chi connectivity index (χ3n) is 8.27. The molecular formula is C36H37Cl2N3O5S. The minimum absolute atomic E-state index is 0.00578. The molecule has 1 fully saturated rings. The molecule has 0 radical (unpaired) electrons. The lowest BCUT2D eigenvalue weighted by Gasteiger charge is -2.34. The predicted molar refractivity (Wildman–Crippen MR) is 185 cm³/mol. The second-order valence-corrected chi connectivity index (χ2v) is 14.1. The molecule has 1 saturated carbocycles. The maximum Gasteiger partial charge on any atom is 0.264 e. The van der Waals surface area contributed by atoms with Crippen LogP contribution in [0.2, 0.25) is 10.0 Å². The SMILES string of the molecule is COc1ccccc1N(CC(=O)N(Cc1ccc(Cl)c(Cl)c1)[C@@H](Cc1ccccc1)C(=O)NC1CCCC1)S(=O)(=O)c1ccccc1. The Morgan fingerprint density at radius 2 is 1.49 bits per heavy atom. The summed E-state index contributed by atoms with van der Waals surface area (Å²) >= 11 is 12.6. The minimum Gasteiger partial charge on any atom is -0.495 e. The summed E-state index contributed by atoms with van der Waals surface area (Å²) in [4.78, 5) is 30.3. The van der Waals surface area contributed by atoms with Crippen molar-refractivity contribution in [3.8, 4) is 5.75 Å². The molecule has 0 saturated heterocycles. The molecule has 0 bridgehead atoms. The number of methoxy groups -OCH3 is 1. The molecule has 8 nitrogen and oxygen atoms in total. The second-order valence-electron chi connectivity index (χ2n) is 11.5. The van der Waals surface area contributed by atoms with Crippen LogP contribution in [0, 0.1) is 0 Å². The van der Waals surface area contributed by atoms with Crippen LogP contribution in [0.25, 0.3) is 0 Å². The van der Waals surface area contributed by atoms with E-state index in [1.165, 1.54) is 24.1 Å².